The molecule has 100 valence electrons. The molecular formula is C15H20N4. The van der Waals surface area contributed by atoms with E-state index in [2.05, 4.69) is 26.9 Å². The highest BCUT2D eigenvalue weighted by Gasteiger charge is 2.24. The largest absolute Gasteiger partial charge is 0.329 e. The molecule has 1 heterocycles. The van der Waals surface area contributed by atoms with E-state index >= 15 is 0 Å². The molecule has 4 heteroatoms. The third-order valence-electron chi connectivity index (χ3n) is 4.07. The Labute approximate surface area is 113 Å². The first-order valence-electron chi connectivity index (χ1n) is 7.04. The van der Waals surface area contributed by atoms with Crippen LogP contribution in [0.3, 0.4) is 0 Å². The zero-order valence-corrected chi connectivity index (χ0v) is 11.1. The van der Waals surface area contributed by atoms with Crippen molar-refractivity contribution >= 4 is 0 Å². The van der Waals surface area contributed by atoms with Crippen LogP contribution >= 0.6 is 0 Å². The monoisotopic (exact) mass is 256 g/mol. The van der Waals surface area contributed by atoms with Crippen molar-refractivity contribution < 1.29 is 0 Å². The molecule has 19 heavy (non-hydrogen) atoms. The summed E-state index contributed by atoms with van der Waals surface area (Å²) in [7, 11) is 0. The molecule has 0 saturated heterocycles. The van der Waals surface area contributed by atoms with Crippen molar-refractivity contribution in [3.8, 4) is 0 Å². The number of aromatic nitrogens is 3. The number of benzene rings is 1. The summed E-state index contributed by atoms with van der Waals surface area (Å²) in [6.45, 7) is 0.565. The van der Waals surface area contributed by atoms with Crippen LogP contribution in [0, 0.1) is 0 Å². The van der Waals surface area contributed by atoms with E-state index < -0.39 is 0 Å². The van der Waals surface area contributed by atoms with Gasteiger partial charge in [0, 0.05) is 12.6 Å². The summed E-state index contributed by atoms with van der Waals surface area (Å²) in [4.78, 5) is 0. The van der Waals surface area contributed by atoms with Gasteiger partial charge in [-0.2, -0.15) is 0 Å². The van der Waals surface area contributed by atoms with E-state index in [1.807, 2.05) is 24.5 Å². The van der Waals surface area contributed by atoms with Crippen molar-refractivity contribution in [2.24, 2.45) is 5.73 Å². The summed E-state index contributed by atoms with van der Waals surface area (Å²) in [6, 6.07) is 10.9. The lowest BCUT2D eigenvalue weighted by Crippen LogP contribution is -2.20. The van der Waals surface area contributed by atoms with Crippen molar-refractivity contribution in [1.82, 2.24) is 14.8 Å². The molecule has 1 atom stereocenters. The van der Waals surface area contributed by atoms with Gasteiger partial charge in [0.15, 0.2) is 0 Å². The lowest BCUT2D eigenvalue weighted by molar-refractivity contribution is 0.486. The van der Waals surface area contributed by atoms with Gasteiger partial charge in [-0.25, -0.2) is 0 Å². The van der Waals surface area contributed by atoms with Crippen molar-refractivity contribution in [1.29, 1.82) is 0 Å². The Morgan fingerprint density at radius 3 is 2.63 bits per heavy atom. The Morgan fingerprint density at radius 2 is 1.95 bits per heavy atom. The number of rotatable bonds is 4. The van der Waals surface area contributed by atoms with Gasteiger partial charge >= 0.3 is 0 Å². The lowest BCUT2D eigenvalue weighted by Gasteiger charge is -2.19. The molecule has 1 aliphatic rings. The van der Waals surface area contributed by atoms with E-state index in [9.17, 15) is 0 Å². The fraction of sp³-hybridized carbons (Fsp3) is 0.467. The molecule has 0 radical (unpaired) electrons. The molecule has 0 aliphatic heterocycles. The van der Waals surface area contributed by atoms with Crippen molar-refractivity contribution in [2.75, 3.05) is 6.54 Å². The summed E-state index contributed by atoms with van der Waals surface area (Å²) in [5.41, 5.74) is 7.20. The zero-order chi connectivity index (χ0) is 13.1. The smallest absolute Gasteiger partial charge is 0.141 e. The van der Waals surface area contributed by atoms with Crippen molar-refractivity contribution in [3.05, 3.63) is 48.0 Å². The van der Waals surface area contributed by atoms with Crippen LogP contribution in [-0.2, 0) is 0 Å². The maximum absolute atomic E-state index is 5.98. The predicted octanol–water partition coefficient (Wildman–Crippen LogP) is 2.48. The minimum absolute atomic E-state index is 0.143. The minimum atomic E-state index is 0.143. The third-order valence-corrected chi connectivity index (χ3v) is 4.07. The highest BCUT2D eigenvalue weighted by Crippen LogP contribution is 2.32. The number of hydrogen-bond donors (Lipinski definition) is 1. The van der Waals surface area contributed by atoms with E-state index in [1.165, 1.54) is 31.2 Å². The van der Waals surface area contributed by atoms with Crippen molar-refractivity contribution in [2.45, 2.75) is 37.6 Å². The standard InChI is InChI=1S/C15H20N4/c16-10-14(12-6-2-1-3-7-12)15-18-17-11-19(15)13-8-4-5-9-13/h1-3,6-7,11,13-14H,4-5,8-10,16H2. The van der Waals surface area contributed by atoms with Crippen LogP contribution in [0.15, 0.2) is 36.7 Å². The Morgan fingerprint density at radius 1 is 1.21 bits per heavy atom. The summed E-state index contributed by atoms with van der Waals surface area (Å²) in [5.74, 6) is 1.16. The first kappa shape index (κ1) is 12.4. The van der Waals surface area contributed by atoms with E-state index in [0.717, 1.165) is 5.82 Å². The molecule has 1 saturated carbocycles. The van der Waals surface area contributed by atoms with Crippen LogP contribution in [0.1, 0.15) is 49.0 Å². The van der Waals surface area contributed by atoms with Gasteiger partial charge in [0.05, 0.1) is 5.92 Å². The Kier molecular flexibility index (Phi) is 3.60. The highest BCUT2D eigenvalue weighted by molar-refractivity contribution is 5.26. The van der Waals surface area contributed by atoms with E-state index in [1.54, 1.807) is 0 Å². The maximum atomic E-state index is 5.98. The van der Waals surface area contributed by atoms with Crippen LogP contribution in [-0.4, -0.2) is 21.3 Å². The lowest BCUT2D eigenvalue weighted by atomic mass is 9.98. The van der Waals surface area contributed by atoms with Crippen LogP contribution in [0.5, 0.6) is 0 Å². The van der Waals surface area contributed by atoms with Crippen molar-refractivity contribution in [3.63, 3.8) is 0 Å². The molecule has 0 amide bonds. The number of nitrogens with zero attached hydrogens (tertiary/aromatic N) is 3. The fourth-order valence-electron chi connectivity index (χ4n) is 3.04. The SMILES string of the molecule is NCC(c1ccccc1)c1nncn1C1CCCC1. The van der Waals surface area contributed by atoms with Gasteiger partial charge in [0.25, 0.3) is 0 Å². The summed E-state index contributed by atoms with van der Waals surface area (Å²) < 4.78 is 2.25. The molecule has 1 aromatic heterocycles. The second kappa shape index (κ2) is 5.53. The number of hydrogen-bond acceptors (Lipinski definition) is 3. The zero-order valence-electron chi connectivity index (χ0n) is 11.1. The van der Waals surface area contributed by atoms with Gasteiger partial charge in [0.1, 0.15) is 12.2 Å². The van der Waals surface area contributed by atoms with Gasteiger partial charge < -0.3 is 10.3 Å². The molecule has 2 aromatic rings. The van der Waals surface area contributed by atoms with E-state index in [-0.39, 0.29) is 5.92 Å². The summed E-state index contributed by atoms with van der Waals surface area (Å²) in [5, 5.41) is 8.46. The third kappa shape index (κ3) is 2.40. The summed E-state index contributed by atoms with van der Waals surface area (Å²) in [6.07, 6.45) is 6.95. The topological polar surface area (TPSA) is 56.7 Å². The predicted molar refractivity (Wildman–Crippen MR) is 74.9 cm³/mol. The van der Waals surface area contributed by atoms with Gasteiger partial charge in [0.2, 0.25) is 0 Å². The Bertz CT molecular complexity index is 514. The van der Waals surface area contributed by atoms with E-state index in [0.29, 0.717) is 12.6 Å². The number of nitrogens with two attached hydrogens (primary N) is 1. The van der Waals surface area contributed by atoms with Crippen LogP contribution in [0.2, 0.25) is 0 Å². The average molecular weight is 256 g/mol. The van der Waals surface area contributed by atoms with Crippen LogP contribution in [0.25, 0.3) is 0 Å². The Balaban J connectivity index is 1.94. The van der Waals surface area contributed by atoms with Gasteiger partial charge in [-0.15, -0.1) is 10.2 Å². The van der Waals surface area contributed by atoms with Gasteiger partial charge in [-0.1, -0.05) is 43.2 Å². The fourth-order valence-corrected chi connectivity index (χ4v) is 3.04. The Hall–Kier alpha value is -1.68. The molecule has 4 nitrogen and oxygen atoms in total. The molecular weight excluding hydrogens is 236 g/mol. The second-order valence-corrected chi connectivity index (χ2v) is 5.23. The molecule has 1 unspecified atom stereocenters. The molecule has 1 fully saturated rings. The molecule has 2 N–H and O–H groups in total. The quantitative estimate of drug-likeness (QED) is 0.914. The van der Waals surface area contributed by atoms with Gasteiger partial charge in [-0.05, 0) is 18.4 Å². The molecule has 1 aromatic carbocycles. The van der Waals surface area contributed by atoms with Crippen LogP contribution in [0.4, 0.5) is 0 Å². The maximum Gasteiger partial charge on any atom is 0.141 e. The molecule has 0 bridgehead atoms. The summed E-state index contributed by atoms with van der Waals surface area (Å²) >= 11 is 0. The minimum Gasteiger partial charge on any atom is -0.329 e. The van der Waals surface area contributed by atoms with E-state index in [4.69, 9.17) is 5.73 Å². The average Bonchev–Trinajstić information content (AvgIpc) is 3.11. The molecule has 3 rings (SSSR count). The first-order chi connectivity index (χ1) is 9.40. The molecule has 0 spiro atoms. The highest BCUT2D eigenvalue weighted by atomic mass is 15.3. The van der Waals surface area contributed by atoms with Crippen LogP contribution < -0.4 is 5.73 Å². The first-order valence-corrected chi connectivity index (χ1v) is 7.04. The second-order valence-electron chi connectivity index (χ2n) is 5.23. The van der Waals surface area contributed by atoms with Gasteiger partial charge in [-0.3, -0.25) is 0 Å². The normalized spacial score (nSPS) is 17.7. The molecule has 1 aliphatic carbocycles.